The van der Waals surface area contributed by atoms with Gasteiger partial charge in [0.25, 0.3) is 0 Å². The summed E-state index contributed by atoms with van der Waals surface area (Å²) < 4.78 is 5.24. The van der Waals surface area contributed by atoms with Crippen LogP contribution in [0, 0.1) is 0 Å². The highest BCUT2D eigenvalue weighted by Crippen LogP contribution is 2.20. The molecule has 3 heteroatoms. The van der Waals surface area contributed by atoms with E-state index in [0.29, 0.717) is 18.8 Å². The molecule has 2 N–H and O–H groups in total. The third-order valence-electron chi connectivity index (χ3n) is 2.23. The molecule has 0 fully saturated rings. The first-order valence-corrected chi connectivity index (χ1v) is 4.24. The van der Waals surface area contributed by atoms with Crippen molar-refractivity contribution in [2.75, 3.05) is 6.54 Å². The summed E-state index contributed by atoms with van der Waals surface area (Å²) in [6.45, 7) is 1.34. The van der Waals surface area contributed by atoms with Crippen LogP contribution >= 0.6 is 0 Å². The summed E-state index contributed by atoms with van der Waals surface area (Å²) in [7, 11) is 0. The fraction of sp³-hybridized carbons (Fsp3) is 0.300. The van der Waals surface area contributed by atoms with Gasteiger partial charge in [-0.15, -0.1) is 0 Å². The van der Waals surface area contributed by atoms with Gasteiger partial charge >= 0.3 is 0 Å². The number of carbonyl (C=O) groups is 1. The summed E-state index contributed by atoms with van der Waals surface area (Å²) in [6, 6.07) is 5.62. The van der Waals surface area contributed by atoms with Crippen molar-refractivity contribution in [1.82, 2.24) is 0 Å². The Labute approximate surface area is 76.5 Å². The largest absolute Gasteiger partial charge is 0.372 e. The first kappa shape index (κ1) is 8.41. The standard InChI is InChI=1S/C10H11NO2/c11-4-10(12)7-1-2-8-5-13-6-9(8)3-7/h1-3H,4-6,11H2. The van der Waals surface area contributed by atoms with Gasteiger partial charge in [0, 0.05) is 5.56 Å². The fourth-order valence-electron chi connectivity index (χ4n) is 1.46. The van der Waals surface area contributed by atoms with Crippen molar-refractivity contribution in [3.63, 3.8) is 0 Å². The number of benzene rings is 1. The molecule has 0 bridgehead atoms. The molecular formula is C10H11NO2. The van der Waals surface area contributed by atoms with Gasteiger partial charge in [-0.05, 0) is 17.2 Å². The molecule has 2 rings (SSSR count). The number of hydrogen-bond donors (Lipinski definition) is 1. The van der Waals surface area contributed by atoms with Crippen molar-refractivity contribution in [2.45, 2.75) is 13.2 Å². The molecule has 1 heterocycles. The minimum Gasteiger partial charge on any atom is -0.372 e. The SMILES string of the molecule is NCC(=O)c1ccc2c(c1)COC2. The van der Waals surface area contributed by atoms with Crippen molar-refractivity contribution in [1.29, 1.82) is 0 Å². The number of nitrogens with two attached hydrogens (primary N) is 1. The number of carbonyl (C=O) groups excluding carboxylic acids is 1. The number of Topliss-reactive ketones (excluding diaryl/α,β-unsaturated/α-hetero) is 1. The second-order valence-corrected chi connectivity index (χ2v) is 3.10. The molecule has 0 amide bonds. The van der Waals surface area contributed by atoms with Crippen LogP contribution in [0.1, 0.15) is 21.5 Å². The van der Waals surface area contributed by atoms with Gasteiger partial charge in [0.15, 0.2) is 5.78 Å². The summed E-state index contributed by atoms with van der Waals surface area (Å²) in [5.41, 5.74) is 8.24. The van der Waals surface area contributed by atoms with Crippen LogP contribution in [0.15, 0.2) is 18.2 Å². The quantitative estimate of drug-likeness (QED) is 0.681. The molecule has 1 aromatic carbocycles. The van der Waals surface area contributed by atoms with Gasteiger partial charge in [0.2, 0.25) is 0 Å². The zero-order chi connectivity index (χ0) is 9.26. The summed E-state index contributed by atoms with van der Waals surface area (Å²) >= 11 is 0. The minimum atomic E-state index is -0.0188. The van der Waals surface area contributed by atoms with Crippen molar-refractivity contribution >= 4 is 5.78 Å². The Balaban J connectivity index is 2.36. The molecule has 0 atom stereocenters. The highest BCUT2D eigenvalue weighted by atomic mass is 16.5. The monoisotopic (exact) mass is 177 g/mol. The fourth-order valence-corrected chi connectivity index (χ4v) is 1.46. The lowest BCUT2D eigenvalue weighted by atomic mass is 10.0. The predicted octanol–water partition coefficient (Wildman–Crippen LogP) is 0.858. The van der Waals surface area contributed by atoms with E-state index < -0.39 is 0 Å². The summed E-state index contributed by atoms with van der Waals surface area (Å²) in [5.74, 6) is -0.0188. The number of fused-ring (bicyclic) bond motifs is 1. The number of hydrogen-bond acceptors (Lipinski definition) is 3. The van der Waals surface area contributed by atoms with Gasteiger partial charge < -0.3 is 10.5 Å². The Morgan fingerprint density at radius 1 is 1.38 bits per heavy atom. The Bertz CT molecular complexity index is 347. The highest BCUT2D eigenvalue weighted by molar-refractivity contribution is 5.97. The minimum absolute atomic E-state index is 0.0188. The van der Waals surface area contributed by atoms with Crippen molar-refractivity contribution in [3.05, 3.63) is 34.9 Å². The van der Waals surface area contributed by atoms with E-state index >= 15 is 0 Å². The second kappa shape index (κ2) is 3.28. The summed E-state index contributed by atoms with van der Waals surface area (Å²) in [5, 5.41) is 0. The van der Waals surface area contributed by atoms with E-state index in [0.717, 1.165) is 5.56 Å². The Hall–Kier alpha value is -1.19. The van der Waals surface area contributed by atoms with Gasteiger partial charge in [-0.1, -0.05) is 12.1 Å². The molecule has 1 aromatic rings. The molecule has 13 heavy (non-hydrogen) atoms. The first-order valence-electron chi connectivity index (χ1n) is 4.24. The summed E-state index contributed by atoms with van der Waals surface area (Å²) in [4.78, 5) is 11.2. The van der Waals surface area contributed by atoms with Crippen LogP contribution in [0.4, 0.5) is 0 Å². The van der Waals surface area contributed by atoms with Gasteiger partial charge in [-0.25, -0.2) is 0 Å². The van der Waals surface area contributed by atoms with Gasteiger partial charge in [-0.3, -0.25) is 4.79 Å². The van der Waals surface area contributed by atoms with Crippen molar-refractivity contribution < 1.29 is 9.53 Å². The molecule has 0 aliphatic carbocycles. The lowest BCUT2D eigenvalue weighted by molar-refractivity contribution is 0.100. The lowest BCUT2D eigenvalue weighted by Gasteiger charge is -2.00. The molecule has 0 saturated heterocycles. The normalized spacial score (nSPS) is 14.2. The number of rotatable bonds is 2. The van der Waals surface area contributed by atoms with Crippen LogP contribution in [0.25, 0.3) is 0 Å². The van der Waals surface area contributed by atoms with Crippen molar-refractivity contribution in [2.24, 2.45) is 5.73 Å². The third kappa shape index (κ3) is 1.48. The van der Waals surface area contributed by atoms with Crippen molar-refractivity contribution in [3.8, 4) is 0 Å². The molecule has 0 radical (unpaired) electrons. The maximum atomic E-state index is 11.2. The van der Waals surface area contributed by atoms with Gasteiger partial charge in [0.05, 0.1) is 19.8 Å². The molecule has 68 valence electrons. The van der Waals surface area contributed by atoms with Gasteiger partial charge in [-0.2, -0.15) is 0 Å². The Kier molecular flexibility index (Phi) is 2.12. The smallest absolute Gasteiger partial charge is 0.176 e. The van der Waals surface area contributed by atoms with E-state index in [1.54, 1.807) is 0 Å². The maximum absolute atomic E-state index is 11.2. The first-order chi connectivity index (χ1) is 6.31. The number of ketones is 1. The van der Waals surface area contributed by atoms with E-state index in [9.17, 15) is 4.79 Å². The topological polar surface area (TPSA) is 52.3 Å². The molecule has 0 spiro atoms. The number of ether oxygens (including phenoxy) is 1. The van der Waals surface area contributed by atoms with Crippen LogP contribution in [-0.2, 0) is 18.0 Å². The average Bonchev–Trinajstić information content (AvgIpc) is 2.63. The lowest BCUT2D eigenvalue weighted by Crippen LogP contribution is -2.13. The molecule has 3 nitrogen and oxygen atoms in total. The van der Waals surface area contributed by atoms with E-state index in [-0.39, 0.29) is 12.3 Å². The van der Waals surface area contributed by atoms with Crippen LogP contribution in [0.3, 0.4) is 0 Å². The molecular weight excluding hydrogens is 166 g/mol. The molecule has 0 aromatic heterocycles. The zero-order valence-corrected chi connectivity index (χ0v) is 7.25. The molecule has 1 aliphatic heterocycles. The molecule has 1 aliphatic rings. The Morgan fingerprint density at radius 3 is 2.92 bits per heavy atom. The predicted molar refractivity (Wildman–Crippen MR) is 48.3 cm³/mol. The molecule has 0 unspecified atom stereocenters. The average molecular weight is 177 g/mol. The van der Waals surface area contributed by atoms with Crippen LogP contribution in [0.5, 0.6) is 0 Å². The maximum Gasteiger partial charge on any atom is 0.176 e. The van der Waals surface area contributed by atoms with E-state index in [4.69, 9.17) is 10.5 Å². The van der Waals surface area contributed by atoms with E-state index in [1.165, 1.54) is 5.56 Å². The third-order valence-corrected chi connectivity index (χ3v) is 2.23. The zero-order valence-electron chi connectivity index (χ0n) is 7.25. The van der Waals surface area contributed by atoms with E-state index in [1.807, 2.05) is 18.2 Å². The van der Waals surface area contributed by atoms with Gasteiger partial charge in [0.1, 0.15) is 0 Å². The summed E-state index contributed by atoms with van der Waals surface area (Å²) in [6.07, 6.45) is 0. The van der Waals surface area contributed by atoms with Crippen LogP contribution in [-0.4, -0.2) is 12.3 Å². The molecule has 0 saturated carbocycles. The van der Waals surface area contributed by atoms with Crippen LogP contribution < -0.4 is 5.73 Å². The highest BCUT2D eigenvalue weighted by Gasteiger charge is 2.13. The second-order valence-electron chi connectivity index (χ2n) is 3.10. The van der Waals surface area contributed by atoms with E-state index in [2.05, 4.69) is 0 Å². The Morgan fingerprint density at radius 2 is 2.15 bits per heavy atom. The van der Waals surface area contributed by atoms with Crippen LogP contribution in [0.2, 0.25) is 0 Å².